The lowest BCUT2D eigenvalue weighted by Gasteiger charge is -2.26. The molecule has 9 heteroatoms. The Kier molecular flexibility index (Phi) is 6.76. The average molecular weight is 456 g/mol. The first-order valence-corrected chi connectivity index (χ1v) is 11.4. The SMILES string of the molecule is C[C@H](c1nnc(SCC(=O)N[C@@H]2CCOc3ccccc32)n1-c1ccc(F)cc1)N(C)C. The predicted octanol–water partition coefficient (Wildman–Crippen LogP) is 3.76. The number of hydrogen-bond donors (Lipinski definition) is 1. The Labute approximate surface area is 191 Å². The van der Waals surface area contributed by atoms with Gasteiger partial charge in [0.25, 0.3) is 0 Å². The van der Waals surface area contributed by atoms with Crippen LogP contribution in [0.25, 0.3) is 5.69 Å². The molecular formula is C23H26FN5O2S. The molecule has 2 aromatic carbocycles. The summed E-state index contributed by atoms with van der Waals surface area (Å²) in [6, 6.07) is 13.9. The number of ether oxygens (including phenoxy) is 1. The Bertz CT molecular complexity index is 1090. The smallest absolute Gasteiger partial charge is 0.230 e. The molecule has 1 aliphatic heterocycles. The lowest BCUT2D eigenvalue weighted by atomic mass is 10.0. The summed E-state index contributed by atoms with van der Waals surface area (Å²) in [5.74, 6) is 1.33. The van der Waals surface area contributed by atoms with Gasteiger partial charge in [-0.05, 0) is 51.4 Å². The van der Waals surface area contributed by atoms with Crippen LogP contribution in [0.1, 0.15) is 36.8 Å². The van der Waals surface area contributed by atoms with E-state index in [1.807, 2.05) is 54.8 Å². The van der Waals surface area contributed by atoms with E-state index < -0.39 is 0 Å². The first-order chi connectivity index (χ1) is 15.4. The zero-order valence-electron chi connectivity index (χ0n) is 18.3. The number of rotatable bonds is 7. The number of halogens is 1. The van der Waals surface area contributed by atoms with Crippen molar-refractivity contribution in [2.45, 2.75) is 30.6 Å². The number of carbonyl (C=O) groups is 1. The van der Waals surface area contributed by atoms with E-state index in [-0.39, 0.29) is 29.6 Å². The maximum atomic E-state index is 13.5. The highest BCUT2D eigenvalue weighted by molar-refractivity contribution is 7.99. The highest BCUT2D eigenvalue weighted by atomic mass is 32.2. The average Bonchev–Trinajstić information content (AvgIpc) is 3.21. The van der Waals surface area contributed by atoms with Crippen molar-refractivity contribution in [3.8, 4) is 11.4 Å². The van der Waals surface area contributed by atoms with E-state index in [1.165, 1.54) is 23.9 Å². The number of thioether (sulfide) groups is 1. The van der Waals surface area contributed by atoms with E-state index >= 15 is 0 Å². The first kappa shape index (κ1) is 22.3. The molecule has 4 rings (SSSR count). The van der Waals surface area contributed by atoms with E-state index in [1.54, 1.807) is 12.1 Å². The van der Waals surface area contributed by atoms with Crippen molar-refractivity contribution in [1.29, 1.82) is 0 Å². The molecule has 0 radical (unpaired) electrons. The second-order valence-electron chi connectivity index (χ2n) is 7.88. The Morgan fingerprint density at radius 3 is 2.75 bits per heavy atom. The molecule has 32 heavy (non-hydrogen) atoms. The fourth-order valence-electron chi connectivity index (χ4n) is 3.57. The van der Waals surface area contributed by atoms with Gasteiger partial charge < -0.3 is 10.1 Å². The molecule has 0 unspecified atom stereocenters. The van der Waals surface area contributed by atoms with Gasteiger partial charge >= 0.3 is 0 Å². The van der Waals surface area contributed by atoms with Crippen molar-refractivity contribution in [3.63, 3.8) is 0 Å². The highest BCUT2D eigenvalue weighted by Crippen LogP contribution is 2.32. The van der Waals surface area contributed by atoms with Crippen LogP contribution in [-0.4, -0.2) is 52.0 Å². The zero-order valence-corrected chi connectivity index (χ0v) is 19.1. The molecule has 1 aromatic heterocycles. The Hall–Kier alpha value is -2.91. The van der Waals surface area contributed by atoms with E-state index in [4.69, 9.17) is 4.74 Å². The standard InChI is InChI=1S/C23H26FN5O2S/c1-15(28(2)3)22-26-27-23(29(22)17-10-8-16(24)9-11-17)32-14-21(30)25-19-12-13-31-20-7-5-4-6-18(19)20/h4-11,15,19H,12-14H2,1-3H3,(H,25,30)/t15-,19-/m1/s1. The minimum absolute atomic E-state index is 0.0190. The zero-order chi connectivity index (χ0) is 22.7. The van der Waals surface area contributed by atoms with Gasteiger partial charge in [-0.25, -0.2) is 4.39 Å². The van der Waals surface area contributed by atoms with Crippen LogP contribution in [0.4, 0.5) is 4.39 Å². The van der Waals surface area contributed by atoms with Crippen LogP contribution in [-0.2, 0) is 4.79 Å². The van der Waals surface area contributed by atoms with Gasteiger partial charge in [-0.2, -0.15) is 0 Å². The van der Waals surface area contributed by atoms with Crippen LogP contribution in [0.2, 0.25) is 0 Å². The van der Waals surface area contributed by atoms with Gasteiger partial charge in [-0.3, -0.25) is 14.3 Å². The number of nitrogens with one attached hydrogen (secondary N) is 1. The Morgan fingerprint density at radius 1 is 1.25 bits per heavy atom. The monoisotopic (exact) mass is 455 g/mol. The van der Waals surface area contributed by atoms with Crippen molar-refractivity contribution in [2.75, 3.05) is 26.5 Å². The molecule has 2 heterocycles. The molecule has 0 saturated heterocycles. The number of amides is 1. The van der Waals surface area contributed by atoms with Crippen LogP contribution in [0.3, 0.4) is 0 Å². The van der Waals surface area contributed by atoms with Crippen LogP contribution in [0.5, 0.6) is 5.75 Å². The third-order valence-electron chi connectivity index (χ3n) is 5.52. The van der Waals surface area contributed by atoms with Crippen molar-refractivity contribution >= 4 is 17.7 Å². The summed E-state index contributed by atoms with van der Waals surface area (Å²) in [4.78, 5) is 14.8. The van der Waals surface area contributed by atoms with Crippen molar-refractivity contribution in [2.24, 2.45) is 0 Å². The molecule has 168 valence electrons. The third-order valence-corrected chi connectivity index (χ3v) is 6.45. The Morgan fingerprint density at radius 2 is 2.00 bits per heavy atom. The fraction of sp³-hybridized carbons (Fsp3) is 0.348. The molecule has 1 aliphatic rings. The summed E-state index contributed by atoms with van der Waals surface area (Å²) in [7, 11) is 3.92. The minimum atomic E-state index is -0.311. The lowest BCUT2D eigenvalue weighted by Crippen LogP contribution is -2.33. The number of hydrogen-bond acceptors (Lipinski definition) is 6. The number of fused-ring (bicyclic) bond motifs is 1. The van der Waals surface area contributed by atoms with Crippen molar-refractivity contribution in [3.05, 3.63) is 65.7 Å². The number of para-hydroxylation sites is 1. The first-order valence-electron chi connectivity index (χ1n) is 10.5. The summed E-state index contributed by atoms with van der Waals surface area (Å²) in [5.41, 5.74) is 1.75. The van der Waals surface area contributed by atoms with Crippen LogP contribution < -0.4 is 10.1 Å². The maximum Gasteiger partial charge on any atom is 0.230 e. The molecule has 0 spiro atoms. The van der Waals surface area contributed by atoms with Gasteiger partial charge in [-0.1, -0.05) is 30.0 Å². The predicted molar refractivity (Wildman–Crippen MR) is 122 cm³/mol. The van der Waals surface area contributed by atoms with Crippen molar-refractivity contribution < 1.29 is 13.9 Å². The lowest BCUT2D eigenvalue weighted by molar-refractivity contribution is -0.119. The molecule has 1 N–H and O–H groups in total. The number of nitrogens with zero attached hydrogens (tertiary/aromatic N) is 4. The molecule has 0 bridgehead atoms. The van der Waals surface area contributed by atoms with E-state index in [0.717, 1.165) is 29.2 Å². The van der Waals surface area contributed by atoms with Gasteiger partial charge in [0.05, 0.1) is 24.4 Å². The van der Waals surface area contributed by atoms with Crippen LogP contribution in [0, 0.1) is 5.82 Å². The molecule has 2 atom stereocenters. The second-order valence-corrected chi connectivity index (χ2v) is 8.82. The number of benzene rings is 2. The number of carbonyl (C=O) groups excluding carboxylic acids is 1. The molecule has 7 nitrogen and oxygen atoms in total. The Balaban J connectivity index is 1.51. The van der Waals surface area contributed by atoms with Crippen molar-refractivity contribution in [1.82, 2.24) is 25.0 Å². The topological polar surface area (TPSA) is 72.3 Å². The molecule has 0 saturated carbocycles. The minimum Gasteiger partial charge on any atom is -0.493 e. The molecule has 3 aromatic rings. The quantitative estimate of drug-likeness (QED) is 0.547. The molecular weight excluding hydrogens is 429 g/mol. The van der Waals surface area contributed by atoms with Gasteiger partial charge in [-0.15, -0.1) is 10.2 Å². The summed E-state index contributed by atoms with van der Waals surface area (Å²) in [6.07, 6.45) is 0.726. The van der Waals surface area contributed by atoms with E-state index in [2.05, 4.69) is 15.5 Å². The normalized spacial score (nSPS) is 16.3. The van der Waals surface area contributed by atoms with Gasteiger partial charge in [0, 0.05) is 17.7 Å². The summed E-state index contributed by atoms with van der Waals surface area (Å²) >= 11 is 1.31. The van der Waals surface area contributed by atoms with E-state index in [9.17, 15) is 9.18 Å². The molecule has 0 aliphatic carbocycles. The van der Waals surface area contributed by atoms with Gasteiger partial charge in [0.1, 0.15) is 11.6 Å². The van der Waals surface area contributed by atoms with Crippen LogP contribution >= 0.6 is 11.8 Å². The summed E-state index contributed by atoms with van der Waals surface area (Å²) in [5, 5.41) is 12.4. The fourth-order valence-corrected chi connectivity index (χ4v) is 4.34. The van der Waals surface area contributed by atoms with E-state index in [0.29, 0.717) is 11.8 Å². The van der Waals surface area contributed by atoms with Gasteiger partial charge in [0.2, 0.25) is 5.91 Å². The van der Waals surface area contributed by atoms with Gasteiger partial charge in [0.15, 0.2) is 11.0 Å². The maximum absolute atomic E-state index is 13.5. The largest absolute Gasteiger partial charge is 0.493 e. The highest BCUT2D eigenvalue weighted by Gasteiger charge is 2.24. The molecule has 0 fully saturated rings. The second kappa shape index (κ2) is 9.70. The van der Waals surface area contributed by atoms with Crippen LogP contribution in [0.15, 0.2) is 53.7 Å². The summed E-state index contributed by atoms with van der Waals surface area (Å²) in [6.45, 7) is 2.59. The number of aromatic nitrogens is 3. The third kappa shape index (κ3) is 4.78. The molecule has 1 amide bonds. The summed E-state index contributed by atoms with van der Waals surface area (Å²) < 4.78 is 21.0.